The average molecular weight is 858 g/mol. The summed E-state index contributed by atoms with van der Waals surface area (Å²) in [6.07, 6.45) is -1.15. The molecule has 0 saturated carbocycles. The van der Waals surface area contributed by atoms with E-state index in [1.807, 2.05) is 78.9 Å². The quantitative estimate of drug-likeness (QED) is 0.0719. The van der Waals surface area contributed by atoms with Crippen LogP contribution in [0.3, 0.4) is 0 Å². The van der Waals surface area contributed by atoms with Gasteiger partial charge in [-0.3, -0.25) is 28.4 Å². The van der Waals surface area contributed by atoms with Gasteiger partial charge in [-0.15, -0.1) is 0 Å². The Bertz CT molecular complexity index is 2560. The number of aromatic nitrogens is 4. The number of rotatable bonds is 14. The molecule has 2 amide bonds. The zero-order chi connectivity index (χ0) is 44.0. The molecule has 1 saturated heterocycles. The number of imide groups is 1. The SMILES string of the molecule is COc1ccc(C(OC[C@H]2O[C@@H](n3cnc4c(=O)n(CCN5C(=O)c6ccccc6C5=O)cnc43)[C@H](O)[C@@H]2O[Si](C)(C)C(C)(C)C)(c2ccccc2)c2ccc(OC)cc2)cc1. The molecule has 322 valence electrons. The maximum atomic E-state index is 13.8. The summed E-state index contributed by atoms with van der Waals surface area (Å²) in [6, 6.07) is 32.0. The minimum absolute atomic E-state index is 0.00997. The fourth-order valence-electron chi connectivity index (χ4n) is 7.97. The zero-order valence-electron chi connectivity index (χ0n) is 35.8. The molecular weight excluding hydrogens is 807 g/mol. The predicted octanol–water partition coefficient (Wildman–Crippen LogP) is 6.56. The molecule has 0 aliphatic carbocycles. The van der Waals surface area contributed by atoms with Crippen LogP contribution in [-0.2, 0) is 26.0 Å². The van der Waals surface area contributed by atoms with E-state index in [2.05, 4.69) is 43.8 Å². The molecule has 62 heavy (non-hydrogen) atoms. The van der Waals surface area contributed by atoms with E-state index >= 15 is 0 Å². The van der Waals surface area contributed by atoms with E-state index in [0.717, 1.165) is 21.6 Å². The molecule has 14 nitrogen and oxygen atoms in total. The van der Waals surface area contributed by atoms with Crippen molar-refractivity contribution in [3.05, 3.63) is 154 Å². The van der Waals surface area contributed by atoms with Crippen LogP contribution in [0, 0.1) is 0 Å². The van der Waals surface area contributed by atoms with Crippen molar-refractivity contribution >= 4 is 31.3 Å². The molecule has 0 bridgehead atoms. The van der Waals surface area contributed by atoms with Gasteiger partial charge in [-0.25, -0.2) is 9.97 Å². The molecule has 0 unspecified atom stereocenters. The fraction of sp³-hybridized carbons (Fsp3) is 0.340. The second kappa shape index (κ2) is 16.7. The maximum absolute atomic E-state index is 13.8. The van der Waals surface area contributed by atoms with Crippen molar-refractivity contribution in [2.45, 2.75) is 75.6 Å². The van der Waals surface area contributed by atoms with Crippen molar-refractivity contribution in [3.63, 3.8) is 0 Å². The van der Waals surface area contributed by atoms with Gasteiger partial charge >= 0.3 is 0 Å². The number of aliphatic hydroxyl groups excluding tert-OH is 1. The van der Waals surface area contributed by atoms with Gasteiger partial charge in [-0.2, -0.15) is 0 Å². The van der Waals surface area contributed by atoms with Crippen LogP contribution in [-0.4, -0.2) is 94.9 Å². The Hall–Kier alpha value is -5.97. The van der Waals surface area contributed by atoms with Gasteiger partial charge in [0.1, 0.15) is 41.7 Å². The first kappa shape index (κ1) is 42.7. The first-order valence-electron chi connectivity index (χ1n) is 20.6. The molecule has 6 aromatic rings. The number of ether oxygens (including phenoxy) is 4. The van der Waals surface area contributed by atoms with Gasteiger partial charge < -0.3 is 28.5 Å². The highest BCUT2D eigenvalue weighted by atomic mass is 28.4. The van der Waals surface area contributed by atoms with Gasteiger partial charge in [-0.1, -0.05) is 87.5 Å². The number of fused-ring (bicyclic) bond motifs is 2. The highest BCUT2D eigenvalue weighted by Crippen LogP contribution is 2.45. The lowest BCUT2D eigenvalue weighted by Gasteiger charge is -2.41. The van der Waals surface area contributed by atoms with Crippen molar-refractivity contribution in [1.29, 1.82) is 0 Å². The minimum Gasteiger partial charge on any atom is -0.497 e. The van der Waals surface area contributed by atoms with E-state index in [0.29, 0.717) is 22.6 Å². The highest BCUT2D eigenvalue weighted by Gasteiger charge is 2.52. The van der Waals surface area contributed by atoms with Crippen molar-refractivity contribution in [2.75, 3.05) is 27.4 Å². The van der Waals surface area contributed by atoms with E-state index < -0.39 is 55.8 Å². The Labute approximate surface area is 360 Å². The average Bonchev–Trinajstić information content (AvgIpc) is 3.92. The monoisotopic (exact) mass is 857 g/mol. The predicted molar refractivity (Wildman–Crippen MR) is 234 cm³/mol. The fourth-order valence-corrected chi connectivity index (χ4v) is 9.29. The molecule has 1 fully saturated rings. The number of carbonyl (C=O) groups excluding carboxylic acids is 2. The third-order valence-corrected chi connectivity index (χ3v) is 16.9. The molecule has 8 rings (SSSR count). The summed E-state index contributed by atoms with van der Waals surface area (Å²) in [6.45, 7) is 10.6. The smallest absolute Gasteiger partial charge is 0.281 e. The van der Waals surface area contributed by atoms with Gasteiger partial charge in [0.25, 0.3) is 17.4 Å². The van der Waals surface area contributed by atoms with E-state index in [4.69, 9.17) is 23.4 Å². The Morgan fingerprint density at radius 2 is 1.27 bits per heavy atom. The summed E-state index contributed by atoms with van der Waals surface area (Å²) in [5, 5.41) is 12.1. The Morgan fingerprint density at radius 3 is 1.82 bits per heavy atom. The molecule has 4 heterocycles. The molecular formula is C47H51N5O9Si. The number of carbonyl (C=O) groups is 2. The van der Waals surface area contributed by atoms with Crippen LogP contribution in [0.2, 0.25) is 18.1 Å². The standard InChI is InChI=1S/C47H51N5O9Si/c1-46(2,3)62(6,7)61-40-37(27-59-47(30-13-9-8-10-14-30,31-17-21-33(57-4)22-18-31)32-19-23-34(58-5)24-20-32)60-45(39(40)53)52-29-48-38-41(52)49-28-50(44(38)56)25-26-51-42(54)35-15-11-12-16-36(35)43(51)55/h8-24,28-29,37,39-40,45,53H,25-27H2,1-7H3/t37-,39-,40-,45-/m1/s1. The zero-order valence-corrected chi connectivity index (χ0v) is 36.8. The molecule has 4 atom stereocenters. The Kier molecular flexibility index (Phi) is 11.5. The lowest BCUT2D eigenvalue weighted by Crippen LogP contribution is -2.50. The third-order valence-electron chi connectivity index (χ3n) is 12.5. The van der Waals surface area contributed by atoms with Crippen LogP contribution in [0.5, 0.6) is 11.5 Å². The first-order chi connectivity index (χ1) is 29.7. The number of imidazole rings is 1. The van der Waals surface area contributed by atoms with Crippen LogP contribution in [0.4, 0.5) is 0 Å². The van der Waals surface area contributed by atoms with Crippen LogP contribution in [0.15, 0.2) is 121 Å². The summed E-state index contributed by atoms with van der Waals surface area (Å²) in [7, 11) is 0.698. The number of nitrogens with zero attached hydrogens (tertiary/aromatic N) is 5. The van der Waals surface area contributed by atoms with Gasteiger partial charge in [0.15, 0.2) is 25.7 Å². The van der Waals surface area contributed by atoms with E-state index in [1.54, 1.807) is 43.1 Å². The van der Waals surface area contributed by atoms with Gasteiger partial charge in [0.05, 0.1) is 38.3 Å². The number of hydrogen-bond donors (Lipinski definition) is 1. The Balaban J connectivity index is 1.13. The van der Waals surface area contributed by atoms with Crippen molar-refractivity contribution in [1.82, 2.24) is 24.0 Å². The summed E-state index contributed by atoms with van der Waals surface area (Å²) >= 11 is 0. The van der Waals surface area contributed by atoms with Crippen LogP contribution in [0.1, 0.15) is 64.4 Å². The largest absolute Gasteiger partial charge is 0.497 e. The molecule has 15 heteroatoms. The third kappa shape index (κ3) is 7.53. The van der Waals surface area contributed by atoms with Gasteiger partial charge in [-0.05, 0) is 71.2 Å². The number of aliphatic hydroxyl groups is 1. The molecule has 1 N–H and O–H groups in total. The second-order valence-electron chi connectivity index (χ2n) is 17.1. The molecule has 4 aromatic carbocycles. The van der Waals surface area contributed by atoms with Crippen LogP contribution >= 0.6 is 0 Å². The number of benzene rings is 4. The molecule has 2 aliphatic rings. The highest BCUT2D eigenvalue weighted by molar-refractivity contribution is 6.74. The van der Waals surface area contributed by atoms with Crippen molar-refractivity contribution < 1.29 is 38.1 Å². The number of amides is 2. The normalized spacial score (nSPS) is 19.3. The van der Waals surface area contributed by atoms with Gasteiger partial charge in [0.2, 0.25) is 0 Å². The van der Waals surface area contributed by atoms with Crippen LogP contribution in [0.25, 0.3) is 11.2 Å². The topological polar surface area (TPSA) is 156 Å². The number of hydrogen-bond acceptors (Lipinski definition) is 11. The molecule has 2 aromatic heterocycles. The second-order valence-corrected chi connectivity index (χ2v) is 21.8. The lowest BCUT2D eigenvalue weighted by atomic mass is 9.80. The molecule has 0 radical (unpaired) electrons. The van der Waals surface area contributed by atoms with E-state index in [1.165, 1.54) is 17.2 Å². The summed E-state index contributed by atoms with van der Waals surface area (Å²) in [4.78, 5) is 50.0. The lowest BCUT2D eigenvalue weighted by molar-refractivity contribution is -0.0930. The minimum atomic E-state index is -2.55. The maximum Gasteiger partial charge on any atom is 0.281 e. The molecule has 2 aliphatic heterocycles. The number of methoxy groups -OCH3 is 2. The van der Waals surface area contributed by atoms with Crippen molar-refractivity contribution in [3.8, 4) is 11.5 Å². The Morgan fingerprint density at radius 1 is 0.726 bits per heavy atom. The van der Waals surface area contributed by atoms with Crippen molar-refractivity contribution in [2.24, 2.45) is 0 Å². The van der Waals surface area contributed by atoms with E-state index in [-0.39, 0.29) is 35.9 Å². The van der Waals surface area contributed by atoms with Crippen LogP contribution < -0.4 is 15.0 Å². The van der Waals surface area contributed by atoms with E-state index in [9.17, 15) is 19.5 Å². The summed E-state index contributed by atoms with van der Waals surface area (Å²) in [5.74, 6) is 0.556. The molecule has 0 spiro atoms. The first-order valence-corrected chi connectivity index (χ1v) is 23.5. The van der Waals surface area contributed by atoms with Gasteiger partial charge in [0, 0.05) is 13.1 Å². The summed E-state index contributed by atoms with van der Waals surface area (Å²) in [5.41, 5.74) is 1.77. The summed E-state index contributed by atoms with van der Waals surface area (Å²) < 4.78 is 35.0.